The number of hydrogen-bond donors (Lipinski definition) is 0. The van der Waals surface area contributed by atoms with Crippen LogP contribution >= 0.6 is 0 Å². The molecule has 6 heteroatoms. The van der Waals surface area contributed by atoms with Gasteiger partial charge in [-0.3, -0.25) is 14.4 Å². The van der Waals surface area contributed by atoms with E-state index in [0.29, 0.717) is 19.3 Å². The van der Waals surface area contributed by atoms with Gasteiger partial charge in [0.15, 0.2) is 6.10 Å². The van der Waals surface area contributed by atoms with E-state index in [0.717, 1.165) is 69.6 Å². The lowest BCUT2D eigenvalue weighted by molar-refractivity contribution is -0.167. The zero-order chi connectivity index (χ0) is 44.7. The van der Waals surface area contributed by atoms with Crippen molar-refractivity contribution in [1.82, 2.24) is 0 Å². The highest BCUT2D eigenvalue weighted by molar-refractivity contribution is 5.71. The predicted octanol–water partition coefficient (Wildman–Crippen LogP) is 17.7. The molecule has 0 N–H and O–H groups in total. The van der Waals surface area contributed by atoms with Gasteiger partial charge in [0.2, 0.25) is 0 Å². The minimum absolute atomic E-state index is 0.0639. The van der Waals surface area contributed by atoms with Crippen LogP contribution in [0.25, 0.3) is 0 Å². The van der Waals surface area contributed by atoms with Gasteiger partial charge in [0.25, 0.3) is 0 Å². The third-order valence-corrected chi connectivity index (χ3v) is 13.2. The fourth-order valence-electron chi connectivity index (χ4n) is 8.28. The Balaban J connectivity index is 4.28. The van der Waals surface area contributed by atoms with E-state index in [-0.39, 0.29) is 31.1 Å². The maximum atomic E-state index is 12.8. The molecular weight excluding hydrogens is 757 g/mol. The van der Waals surface area contributed by atoms with E-state index in [1.54, 1.807) is 0 Å². The van der Waals surface area contributed by atoms with E-state index in [1.807, 2.05) is 0 Å². The van der Waals surface area contributed by atoms with Gasteiger partial charge < -0.3 is 14.2 Å². The van der Waals surface area contributed by atoms with Crippen LogP contribution < -0.4 is 0 Å². The fourth-order valence-corrected chi connectivity index (χ4v) is 8.28. The maximum Gasteiger partial charge on any atom is 0.306 e. The Morgan fingerprint density at radius 3 is 0.852 bits per heavy atom. The summed E-state index contributed by atoms with van der Waals surface area (Å²) < 4.78 is 16.8. The summed E-state index contributed by atoms with van der Waals surface area (Å²) in [5, 5.41) is 0. The largest absolute Gasteiger partial charge is 0.462 e. The fraction of sp³-hybridized carbons (Fsp3) is 0.945. The second kappa shape index (κ2) is 47.9. The second-order valence-corrected chi connectivity index (χ2v) is 19.4. The van der Waals surface area contributed by atoms with Gasteiger partial charge in [-0.2, -0.15) is 0 Å². The van der Waals surface area contributed by atoms with Gasteiger partial charge in [-0.1, -0.05) is 266 Å². The van der Waals surface area contributed by atoms with Crippen molar-refractivity contribution >= 4 is 17.9 Å². The number of hydrogen-bond acceptors (Lipinski definition) is 6. The molecule has 0 rings (SSSR count). The molecule has 362 valence electrons. The lowest BCUT2D eigenvalue weighted by Crippen LogP contribution is -2.30. The van der Waals surface area contributed by atoms with E-state index in [4.69, 9.17) is 14.2 Å². The van der Waals surface area contributed by atoms with Crippen LogP contribution in [-0.4, -0.2) is 37.2 Å². The molecule has 0 radical (unpaired) electrons. The van der Waals surface area contributed by atoms with E-state index >= 15 is 0 Å². The molecule has 0 aliphatic carbocycles. The van der Waals surface area contributed by atoms with E-state index in [1.165, 1.54) is 193 Å². The third-order valence-electron chi connectivity index (χ3n) is 13.2. The van der Waals surface area contributed by atoms with Gasteiger partial charge in [-0.05, 0) is 31.1 Å². The molecule has 0 amide bonds. The molecule has 0 bridgehead atoms. The Kier molecular flexibility index (Phi) is 46.6. The molecule has 3 atom stereocenters. The Morgan fingerprint density at radius 2 is 0.574 bits per heavy atom. The molecule has 0 fully saturated rings. The number of unbranched alkanes of at least 4 members (excludes halogenated alkanes) is 32. The molecule has 0 saturated carbocycles. The number of ether oxygens (including phenoxy) is 3. The first-order chi connectivity index (χ1) is 29.8. The molecule has 0 aromatic heterocycles. The van der Waals surface area contributed by atoms with Crippen molar-refractivity contribution in [2.75, 3.05) is 13.2 Å². The summed E-state index contributed by atoms with van der Waals surface area (Å²) in [6.07, 6.45) is 49.4. The maximum absolute atomic E-state index is 12.8. The Bertz CT molecular complexity index is 935. The third kappa shape index (κ3) is 46.2. The van der Waals surface area contributed by atoms with Crippen LogP contribution in [0, 0.1) is 11.8 Å². The highest BCUT2D eigenvalue weighted by atomic mass is 16.6. The zero-order valence-corrected chi connectivity index (χ0v) is 41.8. The quantitative estimate of drug-likeness (QED) is 0.0344. The van der Waals surface area contributed by atoms with Gasteiger partial charge in [0, 0.05) is 19.3 Å². The summed E-state index contributed by atoms with van der Waals surface area (Å²) in [4.78, 5) is 38.0. The number of rotatable bonds is 49. The van der Waals surface area contributed by atoms with Crippen LogP contribution in [0.1, 0.15) is 304 Å². The minimum Gasteiger partial charge on any atom is -0.462 e. The first-order valence-corrected chi connectivity index (χ1v) is 27.3. The standard InChI is InChI=1S/C55H106O6/c1-6-9-10-11-12-13-14-15-16-20-23-26-29-35-40-45-53(56)59-48-52(49-60-54(57)46-41-36-32-31-34-39-44-51(5)8-3)61-55(58)47-42-37-30-27-24-21-18-17-19-22-25-28-33-38-43-50(4)7-2/h50-52H,6-49H2,1-5H3/t50?,51?,52-/m0/s1. The molecule has 0 spiro atoms. The van der Waals surface area contributed by atoms with Crippen LogP contribution in [0.2, 0.25) is 0 Å². The number of carbonyl (C=O) groups excluding carboxylic acids is 3. The molecule has 0 aliphatic rings. The van der Waals surface area contributed by atoms with Gasteiger partial charge >= 0.3 is 17.9 Å². The normalized spacial score (nSPS) is 12.9. The zero-order valence-electron chi connectivity index (χ0n) is 41.8. The van der Waals surface area contributed by atoms with Crippen molar-refractivity contribution in [2.24, 2.45) is 11.8 Å². The van der Waals surface area contributed by atoms with Crippen molar-refractivity contribution in [2.45, 2.75) is 310 Å². The van der Waals surface area contributed by atoms with Crippen LogP contribution in [0.4, 0.5) is 0 Å². The lowest BCUT2D eigenvalue weighted by atomic mass is 9.99. The van der Waals surface area contributed by atoms with Crippen molar-refractivity contribution in [3.63, 3.8) is 0 Å². The van der Waals surface area contributed by atoms with Gasteiger partial charge in [-0.15, -0.1) is 0 Å². The molecule has 6 nitrogen and oxygen atoms in total. The van der Waals surface area contributed by atoms with Crippen molar-refractivity contribution in [1.29, 1.82) is 0 Å². The molecule has 61 heavy (non-hydrogen) atoms. The van der Waals surface area contributed by atoms with Crippen molar-refractivity contribution in [3.05, 3.63) is 0 Å². The summed E-state index contributed by atoms with van der Waals surface area (Å²) in [5.74, 6) is 0.861. The SMILES string of the molecule is CCCCCCCCCCCCCCCCCC(=O)OC[C@@H](COC(=O)CCCCCCCCC(C)CC)OC(=O)CCCCCCCCCCCCCCCCC(C)CC. The topological polar surface area (TPSA) is 78.9 Å². The molecule has 0 aliphatic heterocycles. The molecule has 0 aromatic rings. The van der Waals surface area contributed by atoms with Gasteiger partial charge in [0.1, 0.15) is 13.2 Å². The van der Waals surface area contributed by atoms with E-state index in [9.17, 15) is 14.4 Å². The average molecular weight is 863 g/mol. The summed E-state index contributed by atoms with van der Waals surface area (Å²) in [7, 11) is 0. The smallest absolute Gasteiger partial charge is 0.306 e. The van der Waals surface area contributed by atoms with E-state index in [2.05, 4.69) is 34.6 Å². The molecule has 2 unspecified atom stereocenters. The average Bonchev–Trinajstić information content (AvgIpc) is 3.26. The van der Waals surface area contributed by atoms with Crippen molar-refractivity contribution < 1.29 is 28.6 Å². The molecule has 0 heterocycles. The molecular formula is C55H106O6. The predicted molar refractivity (Wildman–Crippen MR) is 261 cm³/mol. The summed E-state index contributed by atoms with van der Waals surface area (Å²) in [6.45, 7) is 11.4. The molecule has 0 aromatic carbocycles. The summed E-state index contributed by atoms with van der Waals surface area (Å²) in [6, 6.07) is 0. The van der Waals surface area contributed by atoms with E-state index < -0.39 is 6.10 Å². The summed E-state index contributed by atoms with van der Waals surface area (Å²) in [5.41, 5.74) is 0. The van der Waals surface area contributed by atoms with Crippen LogP contribution in [0.5, 0.6) is 0 Å². The number of esters is 3. The minimum atomic E-state index is -0.762. The second-order valence-electron chi connectivity index (χ2n) is 19.4. The highest BCUT2D eigenvalue weighted by Gasteiger charge is 2.19. The van der Waals surface area contributed by atoms with Crippen LogP contribution in [0.3, 0.4) is 0 Å². The Morgan fingerprint density at radius 1 is 0.328 bits per heavy atom. The first-order valence-electron chi connectivity index (χ1n) is 27.3. The molecule has 0 saturated heterocycles. The lowest BCUT2D eigenvalue weighted by Gasteiger charge is -2.18. The summed E-state index contributed by atoms with van der Waals surface area (Å²) >= 11 is 0. The number of carbonyl (C=O) groups is 3. The Labute approximate surface area is 380 Å². The van der Waals surface area contributed by atoms with Gasteiger partial charge in [0.05, 0.1) is 0 Å². The van der Waals surface area contributed by atoms with Crippen LogP contribution in [0.15, 0.2) is 0 Å². The first kappa shape index (κ1) is 59.4. The highest BCUT2D eigenvalue weighted by Crippen LogP contribution is 2.18. The monoisotopic (exact) mass is 863 g/mol. The van der Waals surface area contributed by atoms with Gasteiger partial charge in [-0.25, -0.2) is 0 Å². The van der Waals surface area contributed by atoms with Crippen molar-refractivity contribution in [3.8, 4) is 0 Å². The van der Waals surface area contributed by atoms with Crippen LogP contribution in [-0.2, 0) is 28.6 Å². The Hall–Kier alpha value is -1.59.